The summed E-state index contributed by atoms with van der Waals surface area (Å²) in [5.41, 5.74) is 1.39. The van der Waals surface area contributed by atoms with Gasteiger partial charge in [0.05, 0.1) is 19.2 Å². The number of pyridine rings is 1. The smallest absolute Gasteiger partial charge is 0.294 e. The molecule has 1 aromatic heterocycles. The van der Waals surface area contributed by atoms with Crippen molar-refractivity contribution in [3.63, 3.8) is 0 Å². The third-order valence-electron chi connectivity index (χ3n) is 4.60. The van der Waals surface area contributed by atoms with Gasteiger partial charge in [0.2, 0.25) is 5.75 Å². The molecular formula is C23H27NO4. The molecule has 28 heavy (non-hydrogen) atoms. The van der Waals surface area contributed by atoms with Crippen LogP contribution >= 0.6 is 0 Å². The molecule has 0 spiro atoms. The van der Waals surface area contributed by atoms with E-state index in [0.717, 1.165) is 36.6 Å². The van der Waals surface area contributed by atoms with E-state index in [1.165, 1.54) is 0 Å². The van der Waals surface area contributed by atoms with Crippen LogP contribution in [0.4, 0.5) is 0 Å². The van der Waals surface area contributed by atoms with Crippen LogP contribution in [0.2, 0.25) is 0 Å². The van der Waals surface area contributed by atoms with Crippen molar-refractivity contribution >= 4 is 10.9 Å². The second-order valence-corrected chi connectivity index (χ2v) is 6.71. The van der Waals surface area contributed by atoms with E-state index in [9.17, 15) is 4.79 Å². The summed E-state index contributed by atoms with van der Waals surface area (Å²) in [6.07, 6.45) is 4.31. The highest BCUT2D eigenvalue weighted by Gasteiger charge is 2.16. The first-order valence-corrected chi connectivity index (χ1v) is 9.76. The number of fused-ring (bicyclic) bond motifs is 1. The molecule has 0 radical (unpaired) electrons. The van der Waals surface area contributed by atoms with Crippen molar-refractivity contribution in [2.45, 2.75) is 39.2 Å². The SMILES string of the molecule is CCCCCCOc1c(OCc2ccccc2)c2ccc(OC)cc2[nH]c1=O. The van der Waals surface area contributed by atoms with Gasteiger partial charge in [0.25, 0.3) is 5.56 Å². The van der Waals surface area contributed by atoms with E-state index < -0.39 is 0 Å². The normalized spacial score (nSPS) is 10.8. The maximum Gasteiger partial charge on any atom is 0.294 e. The Balaban J connectivity index is 1.91. The largest absolute Gasteiger partial charge is 0.497 e. The number of methoxy groups -OCH3 is 1. The van der Waals surface area contributed by atoms with Gasteiger partial charge in [-0.05, 0) is 24.1 Å². The van der Waals surface area contributed by atoms with Gasteiger partial charge in [-0.3, -0.25) is 4.79 Å². The van der Waals surface area contributed by atoms with Crippen LogP contribution in [0.5, 0.6) is 17.2 Å². The number of benzene rings is 2. The monoisotopic (exact) mass is 381 g/mol. The van der Waals surface area contributed by atoms with E-state index in [-0.39, 0.29) is 11.3 Å². The molecule has 0 bridgehead atoms. The number of hydrogen-bond donors (Lipinski definition) is 1. The maximum absolute atomic E-state index is 12.7. The number of hydrogen-bond acceptors (Lipinski definition) is 4. The standard InChI is InChI=1S/C23H27NO4/c1-3-4-5-9-14-27-22-21(28-16-17-10-7-6-8-11-17)19-13-12-18(26-2)15-20(19)24-23(22)25/h6-8,10-13,15H,3-5,9,14,16H2,1-2H3,(H,24,25). The van der Waals surface area contributed by atoms with Crippen LogP contribution in [0.1, 0.15) is 38.2 Å². The fourth-order valence-electron chi connectivity index (χ4n) is 3.06. The molecule has 1 N–H and O–H groups in total. The Morgan fingerprint density at radius 3 is 2.50 bits per heavy atom. The predicted molar refractivity (Wildman–Crippen MR) is 112 cm³/mol. The zero-order chi connectivity index (χ0) is 19.8. The molecule has 2 aromatic carbocycles. The minimum Gasteiger partial charge on any atom is -0.497 e. The molecule has 0 saturated carbocycles. The zero-order valence-corrected chi connectivity index (χ0v) is 16.5. The number of unbranched alkanes of at least 4 members (excludes halogenated alkanes) is 3. The first-order chi connectivity index (χ1) is 13.7. The van der Waals surface area contributed by atoms with Gasteiger partial charge < -0.3 is 19.2 Å². The molecule has 0 saturated heterocycles. The van der Waals surface area contributed by atoms with Crippen LogP contribution in [0.3, 0.4) is 0 Å². The van der Waals surface area contributed by atoms with Crippen molar-refractivity contribution in [2.75, 3.05) is 13.7 Å². The first-order valence-electron chi connectivity index (χ1n) is 9.76. The molecule has 0 aliphatic rings. The van der Waals surface area contributed by atoms with Crippen LogP contribution < -0.4 is 19.8 Å². The third kappa shape index (κ3) is 4.85. The highest BCUT2D eigenvalue weighted by atomic mass is 16.5. The van der Waals surface area contributed by atoms with E-state index in [0.29, 0.717) is 30.2 Å². The summed E-state index contributed by atoms with van der Waals surface area (Å²) in [5, 5.41) is 0.792. The fraction of sp³-hybridized carbons (Fsp3) is 0.348. The number of ether oxygens (including phenoxy) is 3. The molecule has 0 aliphatic heterocycles. The lowest BCUT2D eigenvalue weighted by Gasteiger charge is -2.15. The van der Waals surface area contributed by atoms with Crippen molar-refractivity contribution in [1.82, 2.24) is 4.98 Å². The predicted octanol–water partition coefficient (Wildman–Crippen LogP) is 5.07. The molecule has 0 unspecified atom stereocenters. The summed E-state index contributed by atoms with van der Waals surface area (Å²) in [7, 11) is 1.60. The lowest BCUT2D eigenvalue weighted by atomic mass is 10.1. The van der Waals surface area contributed by atoms with Crippen molar-refractivity contribution in [2.24, 2.45) is 0 Å². The van der Waals surface area contributed by atoms with E-state index in [1.807, 2.05) is 42.5 Å². The van der Waals surface area contributed by atoms with Gasteiger partial charge in [-0.1, -0.05) is 56.5 Å². The summed E-state index contributed by atoms with van der Waals surface area (Å²) in [6, 6.07) is 15.4. The molecule has 0 aliphatic carbocycles. The summed E-state index contributed by atoms with van der Waals surface area (Å²) in [5.74, 6) is 1.39. The van der Waals surface area contributed by atoms with Crippen molar-refractivity contribution in [3.8, 4) is 17.2 Å². The summed E-state index contributed by atoms with van der Waals surface area (Å²) in [4.78, 5) is 15.6. The molecule has 3 rings (SSSR count). The second kappa shape index (κ2) is 9.83. The molecule has 148 valence electrons. The molecule has 0 fully saturated rings. The van der Waals surface area contributed by atoms with Crippen molar-refractivity contribution in [1.29, 1.82) is 0 Å². The van der Waals surface area contributed by atoms with Crippen molar-refractivity contribution in [3.05, 3.63) is 64.4 Å². The second-order valence-electron chi connectivity index (χ2n) is 6.71. The average molecular weight is 381 g/mol. The van der Waals surface area contributed by atoms with Gasteiger partial charge >= 0.3 is 0 Å². The number of H-pyrrole nitrogens is 1. The molecule has 1 heterocycles. The topological polar surface area (TPSA) is 60.6 Å². The highest BCUT2D eigenvalue weighted by molar-refractivity contribution is 5.88. The molecule has 5 heteroatoms. The first kappa shape index (κ1) is 19.8. The maximum atomic E-state index is 12.7. The van der Waals surface area contributed by atoms with E-state index in [1.54, 1.807) is 13.2 Å². The van der Waals surface area contributed by atoms with E-state index in [2.05, 4.69) is 11.9 Å². The lowest BCUT2D eigenvalue weighted by Crippen LogP contribution is -2.14. The van der Waals surface area contributed by atoms with Crippen molar-refractivity contribution < 1.29 is 14.2 Å². The van der Waals surface area contributed by atoms with Gasteiger partial charge in [0, 0.05) is 11.5 Å². The Kier molecular flexibility index (Phi) is 6.95. The average Bonchev–Trinajstić information content (AvgIpc) is 2.73. The Labute approximate surface area is 165 Å². The Bertz CT molecular complexity index is 950. The summed E-state index contributed by atoms with van der Waals surface area (Å²) in [6.45, 7) is 3.02. The van der Waals surface area contributed by atoms with Gasteiger partial charge in [0.15, 0.2) is 5.75 Å². The summed E-state index contributed by atoms with van der Waals surface area (Å²) >= 11 is 0. The van der Waals surface area contributed by atoms with Gasteiger partial charge in [-0.15, -0.1) is 0 Å². The van der Waals surface area contributed by atoms with Crippen LogP contribution in [-0.4, -0.2) is 18.7 Å². The molecule has 0 atom stereocenters. The van der Waals surface area contributed by atoms with Crippen LogP contribution in [0.25, 0.3) is 10.9 Å². The Morgan fingerprint density at radius 1 is 0.929 bits per heavy atom. The van der Waals surface area contributed by atoms with E-state index >= 15 is 0 Å². The summed E-state index contributed by atoms with van der Waals surface area (Å²) < 4.78 is 17.2. The zero-order valence-electron chi connectivity index (χ0n) is 16.5. The minimum atomic E-state index is -0.292. The van der Waals surface area contributed by atoms with Crippen LogP contribution in [0.15, 0.2) is 53.3 Å². The molecular weight excluding hydrogens is 354 g/mol. The fourth-order valence-corrected chi connectivity index (χ4v) is 3.06. The Morgan fingerprint density at radius 2 is 1.75 bits per heavy atom. The minimum absolute atomic E-state index is 0.241. The van der Waals surface area contributed by atoms with Crippen LogP contribution in [0, 0.1) is 0 Å². The molecule has 3 aromatic rings. The van der Waals surface area contributed by atoms with Gasteiger partial charge in [0.1, 0.15) is 12.4 Å². The number of rotatable bonds is 10. The Hall–Kier alpha value is -2.95. The van der Waals surface area contributed by atoms with Gasteiger partial charge in [-0.2, -0.15) is 0 Å². The quantitative estimate of drug-likeness (QED) is 0.498. The van der Waals surface area contributed by atoms with E-state index in [4.69, 9.17) is 14.2 Å². The van der Waals surface area contributed by atoms with Crippen LogP contribution in [-0.2, 0) is 6.61 Å². The molecule has 0 amide bonds. The molecule has 5 nitrogen and oxygen atoms in total. The highest BCUT2D eigenvalue weighted by Crippen LogP contribution is 2.34. The third-order valence-corrected chi connectivity index (χ3v) is 4.60. The lowest BCUT2D eigenvalue weighted by molar-refractivity contribution is 0.257. The number of aromatic nitrogens is 1. The number of nitrogens with one attached hydrogen (secondary N) is 1. The van der Waals surface area contributed by atoms with Gasteiger partial charge in [-0.25, -0.2) is 0 Å². The number of aromatic amines is 1.